The molecule has 5 heteroatoms. The van der Waals surface area contributed by atoms with Gasteiger partial charge in [-0.25, -0.2) is 15.0 Å². The second-order valence-electron chi connectivity index (χ2n) is 14.0. The number of furan rings is 2. The van der Waals surface area contributed by atoms with Crippen molar-refractivity contribution in [3.8, 4) is 67.5 Å². The summed E-state index contributed by atoms with van der Waals surface area (Å²) in [6, 6.07) is 64.6. The van der Waals surface area contributed by atoms with Gasteiger partial charge in [0.25, 0.3) is 0 Å². The van der Waals surface area contributed by atoms with Crippen LogP contribution in [0.3, 0.4) is 0 Å². The maximum atomic E-state index is 6.49. The van der Waals surface area contributed by atoms with E-state index >= 15 is 0 Å². The van der Waals surface area contributed by atoms with Crippen LogP contribution in [0.4, 0.5) is 0 Å². The summed E-state index contributed by atoms with van der Waals surface area (Å²) in [5.41, 5.74) is 12.6. The van der Waals surface area contributed by atoms with Crippen molar-refractivity contribution in [2.24, 2.45) is 0 Å². The van der Waals surface area contributed by atoms with E-state index in [2.05, 4.69) is 152 Å². The van der Waals surface area contributed by atoms with E-state index in [1.807, 2.05) is 36.4 Å². The monoisotopic (exact) mass is 717 g/mol. The van der Waals surface area contributed by atoms with E-state index in [-0.39, 0.29) is 0 Å². The normalized spacial score (nSPS) is 11.6. The zero-order valence-corrected chi connectivity index (χ0v) is 30.1. The number of nitrogens with zero attached hydrogens (tertiary/aromatic N) is 3. The molecule has 0 bridgehead atoms. The molecule has 0 aliphatic heterocycles. The van der Waals surface area contributed by atoms with E-state index in [4.69, 9.17) is 23.8 Å². The standard InChI is InChI=1S/C51H31N3O2/c1-4-10-32(11-5-1)35-16-18-36(19-17-35)49-52-50(39-21-25-42-41-24-20-38(34-14-8-3-9-15-34)29-46(41)56-47(42)30-39)54-51(53-49)40-22-26-43-44-28-37(33-12-6-2-7-13-33)23-27-45(44)55-48(43)31-40/h1-31H. The van der Waals surface area contributed by atoms with Crippen molar-refractivity contribution < 1.29 is 8.83 Å². The Morgan fingerprint density at radius 2 is 0.571 bits per heavy atom. The Morgan fingerprint density at radius 1 is 0.232 bits per heavy atom. The minimum absolute atomic E-state index is 0.557. The van der Waals surface area contributed by atoms with Crippen LogP contribution in [-0.2, 0) is 0 Å². The molecule has 11 rings (SSSR count). The second-order valence-corrected chi connectivity index (χ2v) is 14.0. The largest absolute Gasteiger partial charge is 0.456 e. The third-order valence-electron chi connectivity index (χ3n) is 10.6. The summed E-state index contributed by atoms with van der Waals surface area (Å²) in [5.74, 6) is 1.70. The van der Waals surface area contributed by atoms with E-state index in [1.54, 1.807) is 0 Å². The lowest BCUT2D eigenvalue weighted by atomic mass is 10.0. The number of rotatable bonds is 6. The van der Waals surface area contributed by atoms with Gasteiger partial charge >= 0.3 is 0 Å². The van der Waals surface area contributed by atoms with Crippen molar-refractivity contribution in [3.05, 3.63) is 188 Å². The first-order valence-corrected chi connectivity index (χ1v) is 18.7. The molecule has 0 fully saturated rings. The molecule has 0 saturated heterocycles. The molecule has 0 unspecified atom stereocenters. The van der Waals surface area contributed by atoms with Crippen molar-refractivity contribution in [2.45, 2.75) is 0 Å². The third-order valence-corrected chi connectivity index (χ3v) is 10.6. The fraction of sp³-hybridized carbons (Fsp3) is 0. The number of aromatic nitrogens is 3. The summed E-state index contributed by atoms with van der Waals surface area (Å²) in [7, 11) is 0. The molecular weight excluding hydrogens is 687 g/mol. The maximum Gasteiger partial charge on any atom is 0.164 e. The highest BCUT2D eigenvalue weighted by atomic mass is 16.3. The Balaban J connectivity index is 1.03. The van der Waals surface area contributed by atoms with Crippen LogP contribution in [0.2, 0.25) is 0 Å². The van der Waals surface area contributed by atoms with Gasteiger partial charge in [-0.15, -0.1) is 0 Å². The van der Waals surface area contributed by atoms with Gasteiger partial charge in [0.05, 0.1) is 0 Å². The number of hydrogen-bond acceptors (Lipinski definition) is 5. The van der Waals surface area contributed by atoms with Crippen LogP contribution in [0, 0.1) is 0 Å². The summed E-state index contributed by atoms with van der Waals surface area (Å²) < 4.78 is 12.9. The van der Waals surface area contributed by atoms with Crippen molar-refractivity contribution >= 4 is 43.9 Å². The molecule has 8 aromatic carbocycles. The SMILES string of the molecule is c1ccc(-c2ccc(-c3nc(-c4ccc5c(c4)oc4cc(-c6ccccc6)ccc45)nc(-c4ccc5c(c4)oc4ccc(-c6ccccc6)cc45)n3)cc2)cc1. The van der Waals surface area contributed by atoms with Gasteiger partial charge in [-0.1, -0.05) is 140 Å². The number of fused-ring (bicyclic) bond motifs is 6. The molecule has 0 spiro atoms. The molecule has 11 aromatic rings. The Labute approximate surface area is 322 Å². The maximum absolute atomic E-state index is 6.49. The number of benzene rings is 8. The molecule has 3 aromatic heterocycles. The van der Waals surface area contributed by atoms with Crippen LogP contribution in [0.15, 0.2) is 197 Å². The topological polar surface area (TPSA) is 65.0 Å². The van der Waals surface area contributed by atoms with Crippen LogP contribution >= 0.6 is 0 Å². The predicted molar refractivity (Wildman–Crippen MR) is 227 cm³/mol. The summed E-state index contributed by atoms with van der Waals surface area (Å²) in [6.07, 6.45) is 0. The Hall–Kier alpha value is -7.63. The fourth-order valence-corrected chi connectivity index (χ4v) is 7.66. The second kappa shape index (κ2) is 13.0. The smallest absolute Gasteiger partial charge is 0.164 e. The predicted octanol–water partition coefficient (Wildman–Crippen LogP) is 13.7. The van der Waals surface area contributed by atoms with Crippen molar-refractivity contribution in [1.82, 2.24) is 15.0 Å². The molecule has 0 aliphatic carbocycles. The summed E-state index contributed by atoms with van der Waals surface area (Å²) in [4.78, 5) is 15.2. The summed E-state index contributed by atoms with van der Waals surface area (Å²) in [5, 5.41) is 4.22. The minimum atomic E-state index is 0.557. The lowest BCUT2D eigenvalue weighted by molar-refractivity contribution is 0.669. The highest BCUT2D eigenvalue weighted by molar-refractivity contribution is 6.08. The first kappa shape index (κ1) is 31.9. The van der Waals surface area contributed by atoms with E-state index in [9.17, 15) is 0 Å². The van der Waals surface area contributed by atoms with Gasteiger partial charge in [0, 0.05) is 38.2 Å². The van der Waals surface area contributed by atoms with Gasteiger partial charge in [-0.3, -0.25) is 0 Å². The Morgan fingerprint density at radius 3 is 1.11 bits per heavy atom. The first-order valence-electron chi connectivity index (χ1n) is 18.7. The molecule has 5 nitrogen and oxygen atoms in total. The Kier molecular flexibility index (Phi) is 7.42. The molecule has 0 amide bonds. The molecule has 56 heavy (non-hydrogen) atoms. The third kappa shape index (κ3) is 5.62. The zero-order valence-electron chi connectivity index (χ0n) is 30.1. The fourth-order valence-electron chi connectivity index (χ4n) is 7.66. The van der Waals surface area contributed by atoms with E-state index < -0.39 is 0 Å². The number of hydrogen-bond donors (Lipinski definition) is 0. The van der Waals surface area contributed by atoms with Crippen LogP contribution in [0.5, 0.6) is 0 Å². The molecule has 3 heterocycles. The van der Waals surface area contributed by atoms with Crippen molar-refractivity contribution in [2.75, 3.05) is 0 Å². The molecular formula is C51H31N3O2. The minimum Gasteiger partial charge on any atom is -0.456 e. The van der Waals surface area contributed by atoms with Gasteiger partial charge in [-0.2, -0.15) is 0 Å². The van der Waals surface area contributed by atoms with Crippen LogP contribution in [-0.4, -0.2) is 15.0 Å². The van der Waals surface area contributed by atoms with Crippen molar-refractivity contribution in [3.63, 3.8) is 0 Å². The summed E-state index contributed by atoms with van der Waals surface area (Å²) in [6.45, 7) is 0. The van der Waals surface area contributed by atoms with Crippen LogP contribution < -0.4 is 0 Å². The molecule has 0 N–H and O–H groups in total. The Bertz CT molecular complexity index is 3190. The van der Waals surface area contributed by atoms with E-state index in [0.29, 0.717) is 17.5 Å². The lowest BCUT2D eigenvalue weighted by Gasteiger charge is -2.09. The molecule has 0 atom stereocenters. The molecule has 262 valence electrons. The van der Waals surface area contributed by atoms with Crippen molar-refractivity contribution in [1.29, 1.82) is 0 Å². The van der Waals surface area contributed by atoms with Gasteiger partial charge < -0.3 is 8.83 Å². The average molecular weight is 718 g/mol. The average Bonchev–Trinajstić information content (AvgIpc) is 3.84. The van der Waals surface area contributed by atoms with Gasteiger partial charge in [0.1, 0.15) is 22.3 Å². The van der Waals surface area contributed by atoms with Gasteiger partial charge in [0.2, 0.25) is 0 Å². The van der Waals surface area contributed by atoms with Crippen LogP contribution in [0.25, 0.3) is 111 Å². The first-order chi connectivity index (χ1) is 27.7. The van der Waals surface area contributed by atoms with Gasteiger partial charge in [0.15, 0.2) is 17.5 Å². The zero-order chi connectivity index (χ0) is 37.0. The molecule has 0 saturated carbocycles. The quantitative estimate of drug-likeness (QED) is 0.171. The lowest BCUT2D eigenvalue weighted by Crippen LogP contribution is -2.00. The highest BCUT2D eigenvalue weighted by Crippen LogP contribution is 2.37. The molecule has 0 aliphatic rings. The molecule has 0 radical (unpaired) electrons. The summed E-state index contributed by atoms with van der Waals surface area (Å²) >= 11 is 0. The van der Waals surface area contributed by atoms with E-state index in [0.717, 1.165) is 88.4 Å². The van der Waals surface area contributed by atoms with E-state index in [1.165, 1.54) is 5.56 Å². The van der Waals surface area contributed by atoms with Gasteiger partial charge in [-0.05, 0) is 81.9 Å². The highest BCUT2D eigenvalue weighted by Gasteiger charge is 2.17. The van der Waals surface area contributed by atoms with Crippen LogP contribution in [0.1, 0.15) is 0 Å².